The Balaban J connectivity index is 1.86. The smallest absolute Gasteiger partial charge is 0.306 e. The van der Waals surface area contributed by atoms with Crippen LogP contribution in [-0.2, 0) is 38.0 Å². The van der Waals surface area contributed by atoms with E-state index in [1.165, 1.54) is 70.6 Å². The Morgan fingerprint density at radius 1 is 0.492 bits per heavy atom. The number of rotatable bonds is 37. The van der Waals surface area contributed by atoms with Gasteiger partial charge in [0.15, 0.2) is 18.7 Å². The lowest BCUT2D eigenvalue weighted by Gasteiger charge is -2.42. The first-order valence-electron chi connectivity index (χ1n) is 24.7. The Labute approximate surface area is 388 Å². The van der Waals surface area contributed by atoms with E-state index in [1.54, 1.807) is 0 Å². The van der Waals surface area contributed by atoms with Crippen LogP contribution in [0.15, 0.2) is 48.6 Å². The highest BCUT2D eigenvalue weighted by Crippen LogP contribution is 2.26. The Morgan fingerprint density at radius 2 is 0.938 bits per heavy atom. The van der Waals surface area contributed by atoms with Gasteiger partial charge in [0.1, 0.15) is 55.4 Å². The number of hydrogen-bond acceptors (Lipinski definition) is 15. The molecule has 0 spiro atoms. The number of ether oxygens (including phenoxy) is 6. The molecule has 0 aromatic rings. The molecule has 11 atom stereocenters. The average Bonchev–Trinajstić information content (AvgIpc) is 3.30. The van der Waals surface area contributed by atoms with Crippen molar-refractivity contribution >= 4 is 11.9 Å². The van der Waals surface area contributed by atoms with E-state index in [0.717, 1.165) is 44.9 Å². The third-order valence-electron chi connectivity index (χ3n) is 11.6. The minimum Gasteiger partial charge on any atom is -0.462 e. The van der Waals surface area contributed by atoms with Crippen molar-refractivity contribution in [2.45, 2.75) is 229 Å². The van der Waals surface area contributed by atoms with Crippen molar-refractivity contribution < 1.29 is 73.8 Å². The van der Waals surface area contributed by atoms with Crippen molar-refractivity contribution in [2.24, 2.45) is 0 Å². The van der Waals surface area contributed by atoms with Crippen LogP contribution in [-0.4, -0.2) is 142 Å². The van der Waals surface area contributed by atoms with Crippen LogP contribution < -0.4 is 0 Å². The average molecular weight is 927 g/mol. The third kappa shape index (κ3) is 26.0. The zero-order valence-electron chi connectivity index (χ0n) is 39.5. The van der Waals surface area contributed by atoms with Crippen LogP contribution >= 0.6 is 0 Å². The molecule has 0 aromatic carbocycles. The fraction of sp³-hybridized carbons (Fsp3) is 0.800. The van der Waals surface area contributed by atoms with Gasteiger partial charge in [-0.25, -0.2) is 0 Å². The SMILES string of the molecule is CCCCC/C=C/C/C=C/C/C=C/C/C=C/CCCC(=O)O[C@H](COC(=O)CCCCCCCCCCCCCC)CO[C@H]1O[C@@H](CO[C@H]2O[C@@H](CO)[C@@H](O)C(O)C2O)[C@@H](O)C(O)C1O. The predicted octanol–water partition coefficient (Wildman–Crippen LogP) is 6.32. The number of unbranched alkanes of at least 4 members (excludes halogenated alkanes) is 15. The van der Waals surface area contributed by atoms with Gasteiger partial charge in [0.25, 0.3) is 0 Å². The number of carbonyl (C=O) groups is 2. The van der Waals surface area contributed by atoms with E-state index in [2.05, 4.69) is 50.3 Å². The van der Waals surface area contributed by atoms with Crippen LogP contribution in [0, 0.1) is 0 Å². The van der Waals surface area contributed by atoms with Gasteiger partial charge in [-0.05, 0) is 51.4 Å². The summed E-state index contributed by atoms with van der Waals surface area (Å²) in [6, 6.07) is 0. The molecule has 65 heavy (non-hydrogen) atoms. The molecule has 2 aliphatic rings. The maximum absolute atomic E-state index is 13.0. The molecule has 2 saturated heterocycles. The highest BCUT2D eigenvalue weighted by molar-refractivity contribution is 5.70. The van der Waals surface area contributed by atoms with Crippen molar-refractivity contribution in [1.82, 2.24) is 0 Å². The maximum Gasteiger partial charge on any atom is 0.306 e. The summed E-state index contributed by atoms with van der Waals surface area (Å²) in [6.45, 7) is 2.49. The molecule has 7 N–H and O–H groups in total. The normalized spacial score (nSPS) is 26.8. The lowest BCUT2D eigenvalue weighted by molar-refractivity contribution is -0.332. The van der Waals surface area contributed by atoms with E-state index in [1.807, 2.05) is 12.2 Å². The Bertz CT molecular complexity index is 1320. The van der Waals surface area contributed by atoms with Gasteiger partial charge >= 0.3 is 11.9 Å². The Morgan fingerprint density at radius 3 is 1.49 bits per heavy atom. The Kier molecular flexibility index (Phi) is 33.7. The van der Waals surface area contributed by atoms with Gasteiger partial charge in [0.05, 0.1) is 19.8 Å². The number of aliphatic hydroxyl groups excluding tert-OH is 7. The van der Waals surface area contributed by atoms with Crippen molar-refractivity contribution in [2.75, 3.05) is 26.4 Å². The van der Waals surface area contributed by atoms with Crippen LogP contribution in [0.4, 0.5) is 0 Å². The minimum absolute atomic E-state index is 0.0894. The summed E-state index contributed by atoms with van der Waals surface area (Å²) >= 11 is 0. The van der Waals surface area contributed by atoms with Crippen molar-refractivity contribution in [3.8, 4) is 0 Å². The van der Waals surface area contributed by atoms with Crippen LogP contribution in [0.5, 0.6) is 0 Å². The van der Waals surface area contributed by atoms with Gasteiger partial charge in [-0.3, -0.25) is 9.59 Å². The number of carbonyl (C=O) groups excluding carboxylic acids is 2. The molecule has 376 valence electrons. The first-order valence-corrected chi connectivity index (χ1v) is 24.7. The first-order chi connectivity index (χ1) is 31.5. The number of aliphatic hydroxyl groups is 7. The lowest BCUT2D eigenvalue weighted by Crippen LogP contribution is -2.61. The van der Waals surface area contributed by atoms with Gasteiger partial charge < -0.3 is 64.2 Å². The molecule has 0 saturated carbocycles. The fourth-order valence-corrected chi connectivity index (χ4v) is 7.44. The van der Waals surface area contributed by atoms with Crippen molar-refractivity contribution in [1.29, 1.82) is 0 Å². The monoisotopic (exact) mass is 927 g/mol. The zero-order chi connectivity index (χ0) is 47.5. The highest BCUT2D eigenvalue weighted by atomic mass is 16.7. The van der Waals surface area contributed by atoms with Crippen molar-refractivity contribution in [3.05, 3.63) is 48.6 Å². The van der Waals surface area contributed by atoms with Gasteiger partial charge in [0, 0.05) is 12.8 Å². The van der Waals surface area contributed by atoms with E-state index in [4.69, 9.17) is 28.4 Å². The number of allylic oxidation sites excluding steroid dienone is 8. The second-order valence-corrected chi connectivity index (χ2v) is 17.3. The van der Waals surface area contributed by atoms with Crippen LogP contribution in [0.25, 0.3) is 0 Å². The molecule has 0 amide bonds. The molecule has 2 fully saturated rings. The zero-order valence-corrected chi connectivity index (χ0v) is 39.5. The molecule has 0 aliphatic carbocycles. The summed E-state index contributed by atoms with van der Waals surface area (Å²) in [7, 11) is 0. The van der Waals surface area contributed by atoms with E-state index in [-0.39, 0.29) is 19.4 Å². The largest absolute Gasteiger partial charge is 0.462 e. The summed E-state index contributed by atoms with van der Waals surface area (Å²) in [5, 5.41) is 72.0. The molecule has 2 aliphatic heterocycles. The maximum atomic E-state index is 13.0. The molecular weight excluding hydrogens is 841 g/mol. The molecular formula is C50H86O15. The summed E-state index contributed by atoms with van der Waals surface area (Å²) in [5.74, 6) is -0.991. The molecule has 15 heteroatoms. The third-order valence-corrected chi connectivity index (χ3v) is 11.6. The molecule has 0 aromatic heterocycles. The summed E-state index contributed by atoms with van der Waals surface area (Å²) in [5.41, 5.74) is 0. The van der Waals surface area contributed by atoms with Crippen molar-refractivity contribution in [3.63, 3.8) is 0 Å². The molecule has 4 unspecified atom stereocenters. The van der Waals surface area contributed by atoms with E-state index in [9.17, 15) is 45.3 Å². The Hall–Kier alpha value is -2.54. The van der Waals surface area contributed by atoms with E-state index < -0.39 is 99.3 Å². The number of esters is 2. The topological polar surface area (TPSA) is 231 Å². The molecule has 0 bridgehead atoms. The molecule has 0 radical (unpaired) electrons. The molecule has 15 nitrogen and oxygen atoms in total. The van der Waals surface area contributed by atoms with E-state index >= 15 is 0 Å². The van der Waals surface area contributed by atoms with Crippen LogP contribution in [0.2, 0.25) is 0 Å². The van der Waals surface area contributed by atoms with Gasteiger partial charge in [-0.15, -0.1) is 0 Å². The standard InChI is InChI=1S/C50H86O15/c1-3-5-7-9-11-13-15-17-18-19-20-21-23-25-27-29-31-33-42(53)63-38(35-60-41(52)32-30-28-26-24-22-16-14-12-10-8-6-4-2)36-61-49-48(59)46(57)44(55)40(65-49)37-62-50-47(58)45(56)43(54)39(34-51)64-50/h11,13,17-18,20-21,25,27,38-40,43-51,54-59H,3-10,12,14-16,19,22-24,26,28-37H2,1-2H3/b13-11+,18-17+,21-20+,27-25+/t38-,39+,40+,43-,44-,45?,46?,47?,48?,49+,50+/m1/s1. The summed E-state index contributed by atoms with van der Waals surface area (Å²) in [6.07, 6.45) is 22.9. The fourth-order valence-electron chi connectivity index (χ4n) is 7.44. The van der Waals surface area contributed by atoms with Gasteiger partial charge in [-0.2, -0.15) is 0 Å². The van der Waals surface area contributed by atoms with E-state index in [0.29, 0.717) is 19.3 Å². The summed E-state index contributed by atoms with van der Waals surface area (Å²) < 4.78 is 33.4. The summed E-state index contributed by atoms with van der Waals surface area (Å²) in [4.78, 5) is 25.7. The van der Waals surface area contributed by atoms with Gasteiger partial charge in [-0.1, -0.05) is 146 Å². The first kappa shape index (κ1) is 58.6. The highest BCUT2D eigenvalue weighted by Gasteiger charge is 2.47. The lowest BCUT2D eigenvalue weighted by atomic mass is 9.98. The van der Waals surface area contributed by atoms with Gasteiger partial charge in [0.2, 0.25) is 0 Å². The quantitative estimate of drug-likeness (QED) is 0.0205. The van der Waals surface area contributed by atoms with Crippen LogP contribution in [0.1, 0.15) is 162 Å². The number of hydrogen-bond donors (Lipinski definition) is 7. The second-order valence-electron chi connectivity index (χ2n) is 17.3. The molecule has 2 heterocycles. The second kappa shape index (κ2) is 37.4. The van der Waals surface area contributed by atoms with Crippen LogP contribution in [0.3, 0.4) is 0 Å². The molecule has 2 rings (SSSR count). The predicted molar refractivity (Wildman–Crippen MR) is 247 cm³/mol. The minimum atomic E-state index is -1.77.